The summed E-state index contributed by atoms with van der Waals surface area (Å²) in [5.74, 6) is 2.25. The van der Waals surface area contributed by atoms with Crippen LogP contribution >= 0.6 is 23.1 Å². The molecule has 1 fully saturated rings. The van der Waals surface area contributed by atoms with E-state index in [1.165, 1.54) is 11.3 Å². The van der Waals surface area contributed by atoms with Crippen LogP contribution < -0.4 is 10.2 Å². The van der Waals surface area contributed by atoms with Crippen molar-refractivity contribution in [2.45, 2.75) is 38.0 Å². The van der Waals surface area contributed by atoms with E-state index in [-0.39, 0.29) is 11.8 Å². The van der Waals surface area contributed by atoms with Gasteiger partial charge in [0, 0.05) is 18.8 Å². The van der Waals surface area contributed by atoms with Crippen molar-refractivity contribution in [3.8, 4) is 5.82 Å². The van der Waals surface area contributed by atoms with E-state index in [9.17, 15) is 4.79 Å². The molecule has 0 saturated carbocycles. The molecule has 3 aromatic rings. The first kappa shape index (κ1) is 20.7. The number of nitrogens with one attached hydrogen (secondary N) is 1. The fourth-order valence-electron chi connectivity index (χ4n) is 3.51. The Kier molecular flexibility index (Phi) is 6.28. The number of amides is 1. The molecule has 9 nitrogen and oxygen atoms in total. The van der Waals surface area contributed by atoms with Gasteiger partial charge in [-0.15, -0.1) is 20.4 Å². The molecular formula is C19H24N8OS2. The standard InChI is InChI=1S/C19H24N8OS2/c1-4-29-19-24-23-18(30-19)20-17(28)14-6-5-9-26(11-14)15-7-8-16(22-21-15)27-13(3)10-12(2)25-27/h7-8,10,14H,4-6,9,11H2,1-3H3,(H,20,23,28). The molecule has 0 spiro atoms. The summed E-state index contributed by atoms with van der Waals surface area (Å²) in [5.41, 5.74) is 1.96. The number of hydrogen-bond donors (Lipinski definition) is 1. The Labute approximate surface area is 183 Å². The Balaban J connectivity index is 1.40. The molecule has 4 rings (SSSR count). The molecule has 1 saturated heterocycles. The van der Waals surface area contributed by atoms with Crippen LogP contribution in [0, 0.1) is 19.8 Å². The summed E-state index contributed by atoms with van der Waals surface area (Å²) in [6, 6.07) is 5.86. The minimum Gasteiger partial charge on any atom is -0.354 e. The molecule has 158 valence electrons. The van der Waals surface area contributed by atoms with Crippen molar-refractivity contribution in [1.82, 2.24) is 30.2 Å². The second-order valence-corrected chi connectivity index (χ2v) is 9.66. The second-order valence-electron chi connectivity index (χ2n) is 7.17. The van der Waals surface area contributed by atoms with Gasteiger partial charge in [0.1, 0.15) is 0 Å². The van der Waals surface area contributed by atoms with Gasteiger partial charge in [0.15, 0.2) is 16.0 Å². The lowest BCUT2D eigenvalue weighted by Crippen LogP contribution is -2.41. The third-order valence-corrected chi connectivity index (χ3v) is 6.74. The van der Waals surface area contributed by atoms with Crippen LogP contribution in [-0.2, 0) is 4.79 Å². The molecule has 1 atom stereocenters. The number of rotatable bonds is 6. The predicted molar refractivity (Wildman–Crippen MR) is 119 cm³/mol. The summed E-state index contributed by atoms with van der Waals surface area (Å²) >= 11 is 3.04. The molecule has 1 unspecified atom stereocenters. The maximum absolute atomic E-state index is 12.7. The van der Waals surface area contributed by atoms with E-state index in [2.05, 4.69) is 42.6 Å². The van der Waals surface area contributed by atoms with Gasteiger partial charge in [0.2, 0.25) is 11.0 Å². The fourth-order valence-corrected chi connectivity index (χ4v) is 5.16. The van der Waals surface area contributed by atoms with Crippen molar-refractivity contribution < 1.29 is 4.79 Å². The zero-order chi connectivity index (χ0) is 21.1. The highest BCUT2D eigenvalue weighted by Crippen LogP contribution is 2.27. The Bertz CT molecular complexity index is 1020. The van der Waals surface area contributed by atoms with Crippen molar-refractivity contribution in [2.24, 2.45) is 5.92 Å². The Morgan fingerprint density at radius 3 is 2.73 bits per heavy atom. The van der Waals surface area contributed by atoms with Gasteiger partial charge < -0.3 is 10.2 Å². The number of piperidine rings is 1. The third-order valence-electron chi connectivity index (χ3n) is 4.88. The summed E-state index contributed by atoms with van der Waals surface area (Å²) in [4.78, 5) is 14.9. The number of aryl methyl sites for hydroxylation is 2. The van der Waals surface area contributed by atoms with Crippen molar-refractivity contribution in [2.75, 3.05) is 29.1 Å². The van der Waals surface area contributed by atoms with Crippen molar-refractivity contribution in [3.63, 3.8) is 0 Å². The summed E-state index contributed by atoms with van der Waals surface area (Å²) in [6.45, 7) is 7.47. The molecule has 0 radical (unpaired) electrons. The van der Waals surface area contributed by atoms with Crippen LogP contribution in [0.3, 0.4) is 0 Å². The first-order valence-electron chi connectivity index (χ1n) is 9.93. The highest BCUT2D eigenvalue weighted by molar-refractivity contribution is 8.01. The Morgan fingerprint density at radius 1 is 1.23 bits per heavy atom. The average Bonchev–Trinajstić information content (AvgIpc) is 3.33. The maximum Gasteiger partial charge on any atom is 0.231 e. The van der Waals surface area contributed by atoms with E-state index in [0.29, 0.717) is 17.5 Å². The quantitative estimate of drug-likeness (QED) is 0.457. The van der Waals surface area contributed by atoms with E-state index in [1.807, 2.05) is 32.0 Å². The number of nitrogens with zero attached hydrogens (tertiary/aromatic N) is 7. The minimum atomic E-state index is -0.123. The predicted octanol–water partition coefficient (Wildman–Crippen LogP) is 3.10. The van der Waals surface area contributed by atoms with E-state index in [0.717, 1.165) is 46.7 Å². The zero-order valence-electron chi connectivity index (χ0n) is 17.2. The van der Waals surface area contributed by atoms with Gasteiger partial charge >= 0.3 is 0 Å². The number of carbonyl (C=O) groups excluding carboxylic acids is 1. The SMILES string of the molecule is CCSc1nnc(NC(=O)C2CCCN(c3ccc(-n4nc(C)cc4C)nn3)C2)s1. The Morgan fingerprint density at radius 2 is 2.03 bits per heavy atom. The Hall–Kier alpha value is -2.53. The number of thioether (sulfide) groups is 1. The van der Waals surface area contributed by atoms with Gasteiger partial charge in [-0.3, -0.25) is 4.79 Å². The number of anilines is 2. The molecule has 30 heavy (non-hydrogen) atoms. The number of hydrogen-bond acceptors (Lipinski definition) is 9. The summed E-state index contributed by atoms with van der Waals surface area (Å²) in [6.07, 6.45) is 1.76. The highest BCUT2D eigenvalue weighted by Gasteiger charge is 2.27. The minimum absolute atomic E-state index is 0.0175. The zero-order valence-corrected chi connectivity index (χ0v) is 18.8. The second kappa shape index (κ2) is 9.09. The normalized spacial score (nSPS) is 16.6. The molecule has 0 aliphatic carbocycles. The topological polar surface area (TPSA) is 102 Å². The van der Waals surface area contributed by atoms with Crippen molar-refractivity contribution in [3.05, 3.63) is 29.6 Å². The van der Waals surface area contributed by atoms with Crippen LogP contribution in [0.1, 0.15) is 31.2 Å². The molecular weight excluding hydrogens is 420 g/mol. The van der Waals surface area contributed by atoms with Gasteiger partial charge in [0.05, 0.1) is 11.6 Å². The first-order valence-corrected chi connectivity index (χ1v) is 11.7. The van der Waals surface area contributed by atoms with E-state index >= 15 is 0 Å². The maximum atomic E-state index is 12.7. The number of aromatic nitrogens is 6. The lowest BCUT2D eigenvalue weighted by Gasteiger charge is -2.32. The highest BCUT2D eigenvalue weighted by atomic mass is 32.2. The summed E-state index contributed by atoms with van der Waals surface area (Å²) in [5, 5.41) is 24.8. The molecule has 1 aliphatic heterocycles. The molecule has 1 N–H and O–H groups in total. The molecule has 1 amide bonds. The number of carbonyl (C=O) groups is 1. The molecule has 1 aliphatic rings. The van der Waals surface area contributed by atoms with Gasteiger partial charge in [0.25, 0.3) is 0 Å². The fraction of sp³-hybridized carbons (Fsp3) is 0.474. The summed E-state index contributed by atoms with van der Waals surface area (Å²) < 4.78 is 2.65. The van der Waals surface area contributed by atoms with Gasteiger partial charge in [-0.05, 0) is 50.6 Å². The van der Waals surface area contributed by atoms with Gasteiger partial charge in [-0.1, -0.05) is 30.0 Å². The smallest absolute Gasteiger partial charge is 0.231 e. The van der Waals surface area contributed by atoms with E-state index < -0.39 is 0 Å². The average molecular weight is 445 g/mol. The van der Waals surface area contributed by atoms with E-state index in [4.69, 9.17) is 0 Å². The largest absolute Gasteiger partial charge is 0.354 e. The van der Waals surface area contributed by atoms with E-state index in [1.54, 1.807) is 16.4 Å². The van der Waals surface area contributed by atoms with Crippen molar-refractivity contribution >= 4 is 40.0 Å². The van der Waals surface area contributed by atoms with Gasteiger partial charge in [-0.2, -0.15) is 5.10 Å². The van der Waals surface area contributed by atoms with Crippen LogP contribution in [0.15, 0.2) is 22.5 Å². The van der Waals surface area contributed by atoms with Crippen LogP contribution in [-0.4, -0.2) is 54.9 Å². The first-order chi connectivity index (χ1) is 14.5. The monoisotopic (exact) mass is 444 g/mol. The molecule has 3 aromatic heterocycles. The van der Waals surface area contributed by atoms with Crippen LogP contribution in [0.25, 0.3) is 5.82 Å². The van der Waals surface area contributed by atoms with Crippen LogP contribution in [0.4, 0.5) is 10.9 Å². The lowest BCUT2D eigenvalue weighted by atomic mass is 9.97. The van der Waals surface area contributed by atoms with Crippen LogP contribution in [0.2, 0.25) is 0 Å². The molecule has 0 bridgehead atoms. The molecule has 11 heteroatoms. The molecule has 4 heterocycles. The van der Waals surface area contributed by atoms with Crippen LogP contribution in [0.5, 0.6) is 0 Å². The molecule has 0 aromatic carbocycles. The van der Waals surface area contributed by atoms with Crippen molar-refractivity contribution in [1.29, 1.82) is 0 Å². The van der Waals surface area contributed by atoms with Gasteiger partial charge in [-0.25, -0.2) is 4.68 Å². The summed E-state index contributed by atoms with van der Waals surface area (Å²) in [7, 11) is 0. The third kappa shape index (κ3) is 4.62. The lowest BCUT2D eigenvalue weighted by molar-refractivity contribution is -0.120.